The van der Waals surface area contributed by atoms with Gasteiger partial charge in [-0.3, -0.25) is 0 Å². The molecule has 96 valence electrons. The van der Waals surface area contributed by atoms with Crippen LogP contribution in [0.15, 0.2) is 28.7 Å². The first-order chi connectivity index (χ1) is 9.28. The average molecular weight is 318 g/mol. The van der Waals surface area contributed by atoms with E-state index in [4.69, 9.17) is 0 Å². The SMILES string of the molecule is N#Cc1nn(-c2ccc(Br)cc2)nc1N1CCCC1. The van der Waals surface area contributed by atoms with Gasteiger partial charge in [-0.05, 0) is 37.1 Å². The van der Waals surface area contributed by atoms with Crippen molar-refractivity contribution >= 4 is 21.7 Å². The van der Waals surface area contributed by atoms with Crippen molar-refractivity contribution in [2.24, 2.45) is 0 Å². The zero-order chi connectivity index (χ0) is 13.2. The quantitative estimate of drug-likeness (QED) is 0.854. The third kappa shape index (κ3) is 2.34. The van der Waals surface area contributed by atoms with Gasteiger partial charge in [0.1, 0.15) is 6.07 Å². The van der Waals surface area contributed by atoms with Crippen LogP contribution in [-0.2, 0) is 0 Å². The summed E-state index contributed by atoms with van der Waals surface area (Å²) in [5.74, 6) is 0.697. The van der Waals surface area contributed by atoms with Crippen LogP contribution in [0, 0.1) is 11.3 Å². The number of aromatic nitrogens is 3. The second-order valence-electron chi connectivity index (χ2n) is 4.44. The fourth-order valence-electron chi connectivity index (χ4n) is 2.20. The standard InChI is InChI=1S/C13H12BrN5/c14-10-3-5-11(6-4-10)19-16-12(9-15)13(17-19)18-7-1-2-8-18/h3-6H,1-2,7-8H2. The summed E-state index contributed by atoms with van der Waals surface area (Å²) >= 11 is 3.39. The Bertz CT molecular complexity index is 619. The molecule has 2 heterocycles. The van der Waals surface area contributed by atoms with E-state index in [0.29, 0.717) is 11.5 Å². The Balaban J connectivity index is 1.99. The Kier molecular flexibility index (Phi) is 3.22. The van der Waals surface area contributed by atoms with Gasteiger partial charge in [-0.1, -0.05) is 15.9 Å². The fraction of sp³-hybridized carbons (Fsp3) is 0.308. The van der Waals surface area contributed by atoms with E-state index in [0.717, 1.165) is 36.1 Å². The minimum atomic E-state index is 0.393. The Morgan fingerprint density at radius 2 is 1.79 bits per heavy atom. The average Bonchev–Trinajstić information content (AvgIpc) is 3.08. The molecule has 6 heteroatoms. The van der Waals surface area contributed by atoms with Gasteiger partial charge in [-0.25, -0.2) is 0 Å². The molecule has 0 bridgehead atoms. The van der Waals surface area contributed by atoms with E-state index in [1.54, 1.807) is 0 Å². The van der Waals surface area contributed by atoms with Crippen molar-refractivity contribution < 1.29 is 0 Å². The number of benzene rings is 1. The molecule has 1 fully saturated rings. The van der Waals surface area contributed by atoms with Crippen LogP contribution >= 0.6 is 15.9 Å². The summed E-state index contributed by atoms with van der Waals surface area (Å²) in [4.78, 5) is 3.65. The maximum absolute atomic E-state index is 9.18. The van der Waals surface area contributed by atoms with Gasteiger partial charge in [0.15, 0.2) is 5.82 Å². The molecular weight excluding hydrogens is 306 g/mol. The van der Waals surface area contributed by atoms with E-state index < -0.39 is 0 Å². The van der Waals surface area contributed by atoms with E-state index >= 15 is 0 Å². The Hall–Kier alpha value is -1.87. The molecule has 0 aliphatic carbocycles. The zero-order valence-corrected chi connectivity index (χ0v) is 11.8. The van der Waals surface area contributed by atoms with E-state index in [9.17, 15) is 5.26 Å². The minimum absolute atomic E-state index is 0.393. The van der Waals surface area contributed by atoms with Gasteiger partial charge in [0.05, 0.1) is 5.69 Å². The van der Waals surface area contributed by atoms with Crippen molar-refractivity contribution in [2.75, 3.05) is 18.0 Å². The van der Waals surface area contributed by atoms with Crippen molar-refractivity contribution in [1.82, 2.24) is 15.0 Å². The van der Waals surface area contributed by atoms with Gasteiger partial charge in [-0.2, -0.15) is 5.26 Å². The second kappa shape index (κ2) is 5.02. The summed E-state index contributed by atoms with van der Waals surface area (Å²) < 4.78 is 1.00. The van der Waals surface area contributed by atoms with E-state index in [-0.39, 0.29) is 0 Å². The van der Waals surface area contributed by atoms with Crippen LogP contribution in [0.4, 0.5) is 5.82 Å². The lowest BCUT2D eigenvalue weighted by molar-refractivity contribution is 0.743. The predicted molar refractivity (Wildman–Crippen MR) is 75.2 cm³/mol. The van der Waals surface area contributed by atoms with Crippen LogP contribution in [0.2, 0.25) is 0 Å². The number of anilines is 1. The summed E-state index contributed by atoms with van der Waals surface area (Å²) in [6.45, 7) is 1.90. The van der Waals surface area contributed by atoms with Crippen LogP contribution in [0.25, 0.3) is 5.69 Å². The van der Waals surface area contributed by atoms with Crippen LogP contribution in [0.5, 0.6) is 0 Å². The highest BCUT2D eigenvalue weighted by Crippen LogP contribution is 2.22. The minimum Gasteiger partial charge on any atom is -0.353 e. The summed E-state index contributed by atoms with van der Waals surface area (Å²) in [5, 5.41) is 17.9. The maximum Gasteiger partial charge on any atom is 0.207 e. The molecule has 0 unspecified atom stereocenters. The van der Waals surface area contributed by atoms with Gasteiger partial charge in [0.25, 0.3) is 0 Å². The van der Waals surface area contributed by atoms with Crippen LogP contribution in [-0.4, -0.2) is 28.1 Å². The van der Waals surface area contributed by atoms with E-state index in [1.807, 2.05) is 24.3 Å². The maximum atomic E-state index is 9.18. The lowest BCUT2D eigenvalue weighted by Crippen LogP contribution is -2.19. The highest BCUT2D eigenvalue weighted by atomic mass is 79.9. The third-order valence-corrected chi connectivity index (χ3v) is 3.69. The summed E-state index contributed by atoms with van der Waals surface area (Å²) in [6.07, 6.45) is 2.30. The first kappa shape index (κ1) is 12.2. The molecule has 0 N–H and O–H groups in total. The van der Waals surface area contributed by atoms with Crippen LogP contribution in [0.3, 0.4) is 0 Å². The van der Waals surface area contributed by atoms with Crippen molar-refractivity contribution in [3.8, 4) is 11.8 Å². The molecule has 1 aromatic heterocycles. The van der Waals surface area contributed by atoms with Crippen molar-refractivity contribution in [2.45, 2.75) is 12.8 Å². The molecule has 0 saturated carbocycles. The third-order valence-electron chi connectivity index (χ3n) is 3.17. The van der Waals surface area contributed by atoms with Crippen molar-refractivity contribution in [3.05, 3.63) is 34.4 Å². The number of halogens is 1. The molecule has 0 radical (unpaired) electrons. The van der Waals surface area contributed by atoms with Gasteiger partial charge in [-0.15, -0.1) is 15.0 Å². The zero-order valence-electron chi connectivity index (χ0n) is 10.3. The Morgan fingerprint density at radius 3 is 2.42 bits per heavy atom. The van der Waals surface area contributed by atoms with Gasteiger partial charge >= 0.3 is 0 Å². The summed E-state index contributed by atoms with van der Waals surface area (Å²) in [7, 11) is 0. The molecule has 0 atom stereocenters. The molecule has 2 aromatic rings. The molecule has 5 nitrogen and oxygen atoms in total. The lowest BCUT2D eigenvalue weighted by Gasteiger charge is -2.12. The summed E-state index contributed by atoms with van der Waals surface area (Å²) in [5.41, 5.74) is 1.25. The van der Waals surface area contributed by atoms with Gasteiger partial charge < -0.3 is 4.90 Å². The highest BCUT2D eigenvalue weighted by molar-refractivity contribution is 9.10. The van der Waals surface area contributed by atoms with Crippen molar-refractivity contribution in [3.63, 3.8) is 0 Å². The van der Waals surface area contributed by atoms with Crippen molar-refractivity contribution in [1.29, 1.82) is 5.26 Å². The summed E-state index contributed by atoms with van der Waals surface area (Å²) in [6, 6.07) is 9.82. The first-order valence-electron chi connectivity index (χ1n) is 6.16. The van der Waals surface area contributed by atoms with E-state index in [2.05, 4.69) is 37.1 Å². The molecule has 1 aliphatic rings. The number of rotatable bonds is 2. The normalized spacial score (nSPS) is 14.6. The Morgan fingerprint density at radius 1 is 1.11 bits per heavy atom. The molecule has 1 saturated heterocycles. The fourth-order valence-corrected chi connectivity index (χ4v) is 2.47. The first-order valence-corrected chi connectivity index (χ1v) is 6.95. The topological polar surface area (TPSA) is 57.7 Å². The van der Waals surface area contributed by atoms with Gasteiger partial charge in [0, 0.05) is 17.6 Å². The van der Waals surface area contributed by atoms with Crippen LogP contribution < -0.4 is 4.90 Å². The Labute approximate surface area is 119 Å². The molecular formula is C13H12BrN5. The number of hydrogen-bond acceptors (Lipinski definition) is 4. The number of nitriles is 1. The molecule has 1 aliphatic heterocycles. The van der Waals surface area contributed by atoms with Crippen LogP contribution in [0.1, 0.15) is 18.5 Å². The molecule has 0 spiro atoms. The predicted octanol–water partition coefficient (Wildman–Crippen LogP) is 2.50. The molecule has 1 aromatic carbocycles. The number of hydrogen-bond donors (Lipinski definition) is 0. The number of nitrogens with zero attached hydrogens (tertiary/aromatic N) is 5. The highest BCUT2D eigenvalue weighted by Gasteiger charge is 2.21. The van der Waals surface area contributed by atoms with E-state index in [1.165, 1.54) is 4.80 Å². The second-order valence-corrected chi connectivity index (χ2v) is 5.36. The largest absolute Gasteiger partial charge is 0.353 e. The molecule has 19 heavy (non-hydrogen) atoms. The monoisotopic (exact) mass is 317 g/mol. The molecule has 0 amide bonds. The lowest BCUT2D eigenvalue weighted by atomic mass is 10.3. The molecule has 3 rings (SSSR count). The smallest absolute Gasteiger partial charge is 0.207 e. The van der Waals surface area contributed by atoms with Gasteiger partial charge in [0.2, 0.25) is 5.69 Å².